The third-order valence-corrected chi connectivity index (χ3v) is 7.35. The number of imide groups is 2. The molecule has 7 nitrogen and oxygen atoms in total. The summed E-state index contributed by atoms with van der Waals surface area (Å²) in [7, 11) is 0. The summed E-state index contributed by atoms with van der Waals surface area (Å²) in [4.78, 5) is 37.5. The third-order valence-electron chi connectivity index (χ3n) is 7.35. The molecule has 5 rings (SSSR count). The van der Waals surface area contributed by atoms with Crippen LogP contribution in [0.2, 0.25) is 0 Å². The SMILES string of the molecule is O=C1NC(=O)C(Oc2ccc(Oc3ccc(C4CCCC4)cc3)cc2)(C2CCCCC2)C(=O)N1. The molecule has 2 aromatic rings. The summed E-state index contributed by atoms with van der Waals surface area (Å²) in [5.74, 6) is 0.704. The summed E-state index contributed by atoms with van der Waals surface area (Å²) in [6.07, 6.45) is 9.39. The molecule has 0 spiro atoms. The number of benzene rings is 2. The summed E-state index contributed by atoms with van der Waals surface area (Å²) in [6, 6.07) is 14.3. The molecule has 1 saturated heterocycles. The molecule has 0 unspecified atom stereocenters. The highest BCUT2D eigenvalue weighted by Gasteiger charge is 2.58. The molecule has 7 heteroatoms. The van der Waals surface area contributed by atoms with Crippen molar-refractivity contribution in [3.63, 3.8) is 0 Å². The van der Waals surface area contributed by atoms with Gasteiger partial charge < -0.3 is 9.47 Å². The number of ether oxygens (including phenoxy) is 2. The van der Waals surface area contributed by atoms with E-state index in [-0.39, 0.29) is 5.92 Å². The summed E-state index contributed by atoms with van der Waals surface area (Å²) in [6.45, 7) is 0. The average Bonchev–Trinajstić information content (AvgIpc) is 3.39. The van der Waals surface area contributed by atoms with Crippen molar-refractivity contribution in [2.45, 2.75) is 69.3 Å². The maximum Gasteiger partial charge on any atom is 0.328 e. The molecule has 2 saturated carbocycles. The van der Waals surface area contributed by atoms with Crippen LogP contribution in [-0.2, 0) is 9.59 Å². The second-order valence-electron chi connectivity index (χ2n) is 9.53. The Morgan fingerprint density at radius 3 is 1.74 bits per heavy atom. The molecule has 0 radical (unpaired) electrons. The van der Waals surface area contributed by atoms with E-state index in [1.54, 1.807) is 24.3 Å². The van der Waals surface area contributed by atoms with Gasteiger partial charge in [0.2, 0.25) is 0 Å². The van der Waals surface area contributed by atoms with Gasteiger partial charge in [0.05, 0.1) is 0 Å². The molecule has 2 aromatic carbocycles. The number of nitrogens with one attached hydrogen (secondary N) is 2. The van der Waals surface area contributed by atoms with Gasteiger partial charge in [-0.25, -0.2) is 4.79 Å². The molecule has 4 amide bonds. The highest BCUT2D eigenvalue weighted by atomic mass is 16.5. The van der Waals surface area contributed by atoms with Gasteiger partial charge in [-0.2, -0.15) is 0 Å². The van der Waals surface area contributed by atoms with Crippen LogP contribution in [0.3, 0.4) is 0 Å². The molecule has 2 N–H and O–H groups in total. The molecule has 3 fully saturated rings. The van der Waals surface area contributed by atoms with E-state index >= 15 is 0 Å². The van der Waals surface area contributed by atoms with Gasteiger partial charge in [0, 0.05) is 5.92 Å². The lowest BCUT2D eigenvalue weighted by atomic mass is 9.75. The second kappa shape index (κ2) is 9.49. The first kappa shape index (κ1) is 22.4. The second-order valence-corrected chi connectivity index (χ2v) is 9.53. The molecule has 3 aliphatic rings. The van der Waals surface area contributed by atoms with Crippen molar-refractivity contribution in [1.82, 2.24) is 10.6 Å². The van der Waals surface area contributed by atoms with E-state index in [0.717, 1.165) is 25.0 Å². The van der Waals surface area contributed by atoms with Crippen molar-refractivity contribution in [3.8, 4) is 17.2 Å². The van der Waals surface area contributed by atoms with Gasteiger partial charge in [-0.1, -0.05) is 44.2 Å². The quantitative estimate of drug-likeness (QED) is 0.576. The predicted molar refractivity (Wildman–Crippen MR) is 126 cm³/mol. The lowest BCUT2D eigenvalue weighted by molar-refractivity contribution is -0.158. The number of amides is 4. The van der Waals surface area contributed by atoms with E-state index in [0.29, 0.717) is 30.3 Å². The minimum absolute atomic E-state index is 0.302. The first-order valence-electron chi connectivity index (χ1n) is 12.3. The maximum atomic E-state index is 12.9. The number of hydrogen-bond donors (Lipinski definition) is 2. The Labute approximate surface area is 199 Å². The average molecular weight is 463 g/mol. The molecule has 0 bridgehead atoms. The van der Waals surface area contributed by atoms with Crippen LogP contribution < -0.4 is 20.1 Å². The maximum absolute atomic E-state index is 12.9. The highest BCUT2D eigenvalue weighted by molar-refractivity contribution is 6.22. The molecular formula is C27H30N2O5. The zero-order chi connectivity index (χ0) is 23.5. The van der Waals surface area contributed by atoms with E-state index in [1.807, 2.05) is 12.1 Å². The van der Waals surface area contributed by atoms with Crippen LogP contribution in [0.15, 0.2) is 48.5 Å². The zero-order valence-electron chi connectivity index (χ0n) is 19.2. The number of barbiturate groups is 1. The minimum Gasteiger partial charge on any atom is -0.467 e. The summed E-state index contributed by atoms with van der Waals surface area (Å²) < 4.78 is 12.1. The fraction of sp³-hybridized carbons (Fsp3) is 0.444. The number of carbonyl (C=O) groups is 3. The van der Waals surface area contributed by atoms with E-state index in [4.69, 9.17) is 9.47 Å². The number of hydrogen-bond acceptors (Lipinski definition) is 5. The minimum atomic E-state index is -1.76. The van der Waals surface area contributed by atoms with E-state index in [1.165, 1.54) is 31.2 Å². The van der Waals surface area contributed by atoms with Crippen molar-refractivity contribution in [3.05, 3.63) is 54.1 Å². The largest absolute Gasteiger partial charge is 0.467 e. The molecule has 1 heterocycles. The molecule has 1 aliphatic heterocycles. The van der Waals surface area contributed by atoms with Crippen LogP contribution in [0, 0.1) is 5.92 Å². The molecule has 0 aromatic heterocycles. The van der Waals surface area contributed by atoms with Crippen LogP contribution in [0.1, 0.15) is 69.3 Å². The lowest BCUT2D eigenvalue weighted by Gasteiger charge is -2.41. The number of urea groups is 1. The Kier molecular flexibility index (Phi) is 6.26. The van der Waals surface area contributed by atoms with Gasteiger partial charge in [-0.05, 0) is 73.6 Å². The van der Waals surface area contributed by atoms with Crippen LogP contribution in [0.5, 0.6) is 17.2 Å². The zero-order valence-corrected chi connectivity index (χ0v) is 19.2. The number of carbonyl (C=O) groups excluding carboxylic acids is 3. The Morgan fingerprint density at radius 2 is 1.15 bits per heavy atom. The van der Waals surface area contributed by atoms with Crippen LogP contribution >= 0.6 is 0 Å². The van der Waals surface area contributed by atoms with Gasteiger partial charge in [-0.15, -0.1) is 0 Å². The fourth-order valence-corrected chi connectivity index (χ4v) is 5.55. The van der Waals surface area contributed by atoms with E-state index in [9.17, 15) is 14.4 Å². The van der Waals surface area contributed by atoms with Gasteiger partial charge in [0.25, 0.3) is 17.4 Å². The Balaban J connectivity index is 1.31. The van der Waals surface area contributed by atoms with Crippen molar-refractivity contribution < 1.29 is 23.9 Å². The summed E-state index contributed by atoms with van der Waals surface area (Å²) in [5, 5.41) is 4.45. The monoisotopic (exact) mass is 462 g/mol. The van der Waals surface area contributed by atoms with Gasteiger partial charge in [0.15, 0.2) is 0 Å². The van der Waals surface area contributed by atoms with Crippen LogP contribution in [-0.4, -0.2) is 23.4 Å². The van der Waals surface area contributed by atoms with Gasteiger partial charge >= 0.3 is 6.03 Å². The van der Waals surface area contributed by atoms with E-state index in [2.05, 4.69) is 22.8 Å². The van der Waals surface area contributed by atoms with Gasteiger partial charge in [0.1, 0.15) is 17.2 Å². The first-order chi connectivity index (χ1) is 16.5. The predicted octanol–water partition coefficient (Wildman–Crippen LogP) is 5.20. The Hall–Kier alpha value is -3.35. The fourth-order valence-electron chi connectivity index (χ4n) is 5.55. The Morgan fingerprint density at radius 1 is 0.647 bits per heavy atom. The summed E-state index contributed by atoms with van der Waals surface area (Å²) >= 11 is 0. The molecule has 178 valence electrons. The summed E-state index contributed by atoms with van der Waals surface area (Å²) in [5.41, 5.74) is -0.392. The lowest BCUT2D eigenvalue weighted by Crippen LogP contribution is -2.72. The van der Waals surface area contributed by atoms with Crippen LogP contribution in [0.4, 0.5) is 4.79 Å². The standard InChI is InChI=1S/C27H30N2O5/c30-24-27(20-8-2-1-3-9-20,25(31)29-26(32)28-24)34-23-16-14-22(15-17-23)33-21-12-10-19(11-13-21)18-6-4-5-7-18/h10-18,20H,1-9H2,(H2,28,29,30,31,32). The molecule has 2 aliphatic carbocycles. The van der Waals surface area contributed by atoms with Crippen molar-refractivity contribution in [1.29, 1.82) is 0 Å². The first-order valence-corrected chi connectivity index (χ1v) is 12.3. The molecule has 34 heavy (non-hydrogen) atoms. The topological polar surface area (TPSA) is 93.7 Å². The number of rotatable bonds is 6. The van der Waals surface area contributed by atoms with Crippen molar-refractivity contribution in [2.24, 2.45) is 5.92 Å². The van der Waals surface area contributed by atoms with Crippen molar-refractivity contribution >= 4 is 17.8 Å². The third kappa shape index (κ3) is 4.39. The normalized spacial score (nSPS) is 21.1. The molecule has 0 atom stereocenters. The highest BCUT2D eigenvalue weighted by Crippen LogP contribution is 2.39. The van der Waals surface area contributed by atoms with Gasteiger partial charge in [-0.3, -0.25) is 20.2 Å². The molecular weight excluding hydrogens is 432 g/mol. The smallest absolute Gasteiger partial charge is 0.328 e. The van der Waals surface area contributed by atoms with E-state index < -0.39 is 23.4 Å². The van der Waals surface area contributed by atoms with Crippen molar-refractivity contribution in [2.75, 3.05) is 0 Å². The van der Waals surface area contributed by atoms with Crippen LogP contribution in [0.25, 0.3) is 0 Å². The Bertz CT molecular complexity index is 1030.